The van der Waals surface area contributed by atoms with Crippen LogP contribution in [0.4, 0.5) is 0 Å². The fourth-order valence-electron chi connectivity index (χ4n) is 2.86. The zero-order valence-corrected chi connectivity index (χ0v) is 15.3. The van der Waals surface area contributed by atoms with Crippen molar-refractivity contribution in [1.82, 2.24) is 30.0 Å². The van der Waals surface area contributed by atoms with E-state index in [2.05, 4.69) is 39.7 Å². The molecule has 0 aliphatic rings. The first-order valence-corrected chi connectivity index (χ1v) is 8.75. The fraction of sp³-hybridized carbons (Fsp3) is 0.200. The Morgan fingerprint density at radius 2 is 1.63 bits per heavy atom. The number of hydrogen-bond donors (Lipinski definition) is 0. The Morgan fingerprint density at radius 3 is 2.37 bits per heavy atom. The van der Waals surface area contributed by atoms with Crippen LogP contribution in [0.2, 0.25) is 0 Å². The Hall–Kier alpha value is -3.48. The molecular formula is C20H20N6O. The molecule has 4 rings (SSSR count). The smallest absolute Gasteiger partial charge is 0.119 e. The summed E-state index contributed by atoms with van der Waals surface area (Å²) in [6.45, 7) is 2.07. The fourth-order valence-corrected chi connectivity index (χ4v) is 2.86. The third-order valence-electron chi connectivity index (χ3n) is 4.41. The second-order valence-corrected chi connectivity index (χ2v) is 6.33. The molecule has 2 aromatic carbocycles. The van der Waals surface area contributed by atoms with Crippen LogP contribution in [0.15, 0.2) is 60.9 Å². The van der Waals surface area contributed by atoms with E-state index in [-0.39, 0.29) is 0 Å². The number of methoxy groups -OCH3 is 1. The number of hydrogen-bond acceptors (Lipinski definition) is 5. The van der Waals surface area contributed by atoms with E-state index in [1.807, 2.05) is 47.3 Å². The van der Waals surface area contributed by atoms with Crippen LogP contribution in [0, 0.1) is 6.92 Å². The number of nitrogens with zero attached hydrogens (tertiary/aromatic N) is 6. The van der Waals surface area contributed by atoms with Gasteiger partial charge >= 0.3 is 0 Å². The monoisotopic (exact) mass is 360 g/mol. The molecule has 0 aliphatic heterocycles. The van der Waals surface area contributed by atoms with E-state index in [1.54, 1.807) is 18.0 Å². The molecule has 2 heterocycles. The molecule has 0 saturated heterocycles. The van der Waals surface area contributed by atoms with Gasteiger partial charge in [-0.15, -0.1) is 10.2 Å². The van der Waals surface area contributed by atoms with E-state index in [9.17, 15) is 0 Å². The summed E-state index contributed by atoms with van der Waals surface area (Å²) in [4.78, 5) is 0. The number of rotatable bonds is 6. The second kappa shape index (κ2) is 7.41. The van der Waals surface area contributed by atoms with E-state index in [4.69, 9.17) is 4.74 Å². The van der Waals surface area contributed by atoms with Gasteiger partial charge in [0.15, 0.2) is 0 Å². The minimum atomic E-state index is 0.759. The molecule has 0 aliphatic carbocycles. The third kappa shape index (κ3) is 3.72. The Balaban J connectivity index is 1.47. The lowest BCUT2D eigenvalue weighted by Crippen LogP contribution is -2.04. The minimum Gasteiger partial charge on any atom is -0.497 e. The van der Waals surface area contributed by atoms with Crippen molar-refractivity contribution >= 4 is 0 Å². The average Bonchev–Trinajstić information content (AvgIpc) is 3.36. The molecule has 7 heteroatoms. The first-order valence-electron chi connectivity index (χ1n) is 8.75. The molecule has 27 heavy (non-hydrogen) atoms. The lowest BCUT2D eigenvalue weighted by molar-refractivity contribution is 0.414. The summed E-state index contributed by atoms with van der Waals surface area (Å²) in [5, 5.41) is 16.8. The van der Waals surface area contributed by atoms with Gasteiger partial charge in [-0.1, -0.05) is 28.1 Å². The van der Waals surface area contributed by atoms with Crippen molar-refractivity contribution in [2.24, 2.45) is 0 Å². The van der Waals surface area contributed by atoms with Crippen molar-refractivity contribution in [2.45, 2.75) is 19.8 Å². The quantitative estimate of drug-likeness (QED) is 0.529. The van der Waals surface area contributed by atoms with Crippen molar-refractivity contribution in [3.63, 3.8) is 0 Å². The van der Waals surface area contributed by atoms with Crippen LogP contribution in [0.5, 0.6) is 5.75 Å². The third-order valence-corrected chi connectivity index (χ3v) is 4.41. The number of ether oxygens (including phenoxy) is 1. The molecule has 0 radical (unpaired) electrons. The Labute approximate surface area is 157 Å². The maximum atomic E-state index is 5.20. The van der Waals surface area contributed by atoms with Gasteiger partial charge in [0.2, 0.25) is 0 Å². The van der Waals surface area contributed by atoms with Gasteiger partial charge < -0.3 is 4.74 Å². The molecule has 0 amide bonds. The predicted octanol–water partition coefficient (Wildman–Crippen LogP) is 2.95. The molecule has 0 fully saturated rings. The summed E-state index contributed by atoms with van der Waals surface area (Å²) in [6, 6.07) is 16.0. The van der Waals surface area contributed by atoms with Gasteiger partial charge in [0.25, 0.3) is 0 Å². The van der Waals surface area contributed by atoms with Crippen LogP contribution in [0.1, 0.15) is 17.0 Å². The summed E-state index contributed by atoms with van der Waals surface area (Å²) in [7, 11) is 1.65. The first kappa shape index (κ1) is 17.0. The highest BCUT2D eigenvalue weighted by molar-refractivity contribution is 5.37. The second-order valence-electron chi connectivity index (χ2n) is 6.33. The van der Waals surface area contributed by atoms with Crippen molar-refractivity contribution in [3.8, 4) is 17.1 Å². The van der Waals surface area contributed by atoms with Crippen molar-refractivity contribution < 1.29 is 4.74 Å². The van der Waals surface area contributed by atoms with Gasteiger partial charge in [0, 0.05) is 0 Å². The van der Waals surface area contributed by atoms with Gasteiger partial charge in [-0.3, -0.25) is 0 Å². The van der Waals surface area contributed by atoms with Gasteiger partial charge in [-0.2, -0.15) is 0 Å². The molecule has 4 aromatic rings. The molecule has 0 spiro atoms. The van der Waals surface area contributed by atoms with Gasteiger partial charge in [-0.05, 0) is 56.2 Å². The highest BCUT2D eigenvalue weighted by Gasteiger charge is 2.09. The zero-order valence-electron chi connectivity index (χ0n) is 15.3. The highest BCUT2D eigenvalue weighted by atomic mass is 16.5. The molecule has 7 nitrogen and oxygen atoms in total. The van der Waals surface area contributed by atoms with E-state index in [0.29, 0.717) is 0 Å². The molecule has 0 N–H and O–H groups in total. The number of aromatic nitrogens is 6. The molecule has 0 bridgehead atoms. The van der Waals surface area contributed by atoms with Crippen LogP contribution >= 0.6 is 0 Å². The minimum absolute atomic E-state index is 0.759. The summed E-state index contributed by atoms with van der Waals surface area (Å²) < 4.78 is 8.84. The maximum Gasteiger partial charge on any atom is 0.119 e. The van der Waals surface area contributed by atoms with Gasteiger partial charge in [0.05, 0.1) is 42.3 Å². The normalized spacial score (nSPS) is 10.9. The summed E-state index contributed by atoms with van der Waals surface area (Å²) in [5.74, 6) is 0.813. The van der Waals surface area contributed by atoms with Gasteiger partial charge in [0.1, 0.15) is 5.75 Å². The lowest BCUT2D eigenvalue weighted by atomic mass is 10.2. The molecule has 0 saturated carbocycles. The molecular weight excluding hydrogens is 340 g/mol. The average molecular weight is 360 g/mol. The summed E-state index contributed by atoms with van der Waals surface area (Å²) in [5.41, 5.74) is 5.12. The Morgan fingerprint density at radius 1 is 0.889 bits per heavy atom. The summed E-state index contributed by atoms with van der Waals surface area (Å²) >= 11 is 0. The van der Waals surface area contributed by atoms with Crippen molar-refractivity contribution in [2.75, 3.05) is 7.11 Å². The van der Waals surface area contributed by atoms with E-state index in [0.717, 1.165) is 41.4 Å². The maximum absolute atomic E-state index is 5.20. The van der Waals surface area contributed by atoms with Crippen LogP contribution in [-0.4, -0.2) is 37.1 Å². The van der Waals surface area contributed by atoms with Crippen LogP contribution in [-0.2, 0) is 12.8 Å². The number of aryl methyl sites for hydroxylation is 3. The lowest BCUT2D eigenvalue weighted by Gasteiger charge is -2.06. The van der Waals surface area contributed by atoms with Crippen molar-refractivity contribution in [3.05, 3.63) is 77.9 Å². The van der Waals surface area contributed by atoms with E-state index < -0.39 is 0 Å². The van der Waals surface area contributed by atoms with E-state index >= 15 is 0 Å². The van der Waals surface area contributed by atoms with Crippen LogP contribution in [0.25, 0.3) is 11.4 Å². The summed E-state index contributed by atoms with van der Waals surface area (Å²) in [6.07, 6.45) is 5.28. The highest BCUT2D eigenvalue weighted by Crippen LogP contribution is 2.16. The topological polar surface area (TPSA) is 70.7 Å². The van der Waals surface area contributed by atoms with Crippen LogP contribution in [0.3, 0.4) is 0 Å². The largest absolute Gasteiger partial charge is 0.497 e. The van der Waals surface area contributed by atoms with Crippen molar-refractivity contribution in [1.29, 1.82) is 0 Å². The molecule has 0 atom stereocenters. The predicted molar refractivity (Wildman–Crippen MR) is 101 cm³/mol. The first-order chi connectivity index (χ1) is 13.2. The zero-order chi connectivity index (χ0) is 18.6. The molecule has 2 aromatic heterocycles. The van der Waals surface area contributed by atoms with Gasteiger partial charge in [-0.25, -0.2) is 9.36 Å². The molecule has 0 unspecified atom stereocenters. The molecule has 136 valence electrons. The van der Waals surface area contributed by atoms with Crippen LogP contribution < -0.4 is 4.74 Å². The number of benzene rings is 2. The SMILES string of the molecule is COc1ccc(-n2nncc2CCc2cn(-c3ccc(C)cc3)nn2)cc1. The van der Waals surface area contributed by atoms with E-state index in [1.165, 1.54) is 5.56 Å². The standard InChI is InChI=1S/C20H20N6O/c1-15-3-6-17(7-4-15)25-14-16(22-24-25)5-8-19-13-21-23-26(19)18-9-11-20(27-2)12-10-18/h3-4,6-7,9-14H,5,8H2,1-2H3. The Bertz CT molecular complexity index is 1020. The Kier molecular flexibility index (Phi) is 4.65.